The van der Waals surface area contributed by atoms with Crippen molar-refractivity contribution in [1.82, 2.24) is 9.97 Å². The van der Waals surface area contributed by atoms with Gasteiger partial charge in [0.05, 0.1) is 10.7 Å². The third-order valence-corrected chi connectivity index (χ3v) is 2.87. The van der Waals surface area contributed by atoms with Crippen molar-refractivity contribution in [3.8, 4) is 0 Å². The van der Waals surface area contributed by atoms with Gasteiger partial charge in [-0.2, -0.15) is 0 Å². The number of nitrogen functional groups attached to an aromatic ring is 1. The highest BCUT2D eigenvalue weighted by molar-refractivity contribution is 6.35. The minimum absolute atomic E-state index is 0.431. The molecule has 0 aliphatic rings. The number of nitrogens with two attached hydrogens (primary N) is 1. The largest absolute Gasteiger partial charge is 0.383 e. The molecular weight excluding hydrogens is 259 g/mol. The van der Waals surface area contributed by atoms with Crippen molar-refractivity contribution in [2.45, 2.75) is 6.92 Å². The number of hydrogen-bond donors (Lipinski definition) is 2. The van der Waals surface area contributed by atoms with Crippen LogP contribution < -0.4 is 11.1 Å². The van der Waals surface area contributed by atoms with Crippen molar-refractivity contribution in [2.75, 3.05) is 11.1 Å². The second kappa shape index (κ2) is 4.77. The summed E-state index contributed by atoms with van der Waals surface area (Å²) < 4.78 is 0. The monoisotopic (exact) mass is 268 g/mol. The van der Waals surface area contributed by atoms with Crippen LogP contribution in [0.4, 0.5) is 17.3 Å². The average molecular weight is 269 g/mol. The Bertz CT molecular complexity index is 557. The van der Waals surface area contributed by atoms with Gasteiger partial charge >= 0.3 is 0 Å². The van der Waals surface area contributed by atoms with E-state index in [0.29, 0.717) is 27.4 Å². The van der Waals surface area contributed by atoms with Crippen molar-refractivity contribution in [3.63, 3.8) is 0 Å². The molecule has 0 unspecified atom stereocenters. The standard InChI is InChI=1S/C11H10Cl2N4/c1-6-10(14)15-5-16-11(6)17-9-4-7(12)2-3-8(9)13/h2-5H,1H3,(H3,14,15,16,17). The quantitative estimate of drug-likeness (QED) is 0.876. The van der Waals surface area contributed by atoms with Gasteiger partial charge in [0.25, 0.3) is 0 Å². The van der Waals surface area contributed by atoms with Crippen molar-refractivity contribution < 1.29 is 0 Å². The van der Waals surface area contributed by atoms with Crippen molar-refractivity contribution in [3.05, 3.63) is 40.1 Å². The SMILES string of the molecule is Cc1c(N)ncnc1Nc1cc(Cl)ccc1Cl. The molecule has 0 aliphatic heterocycles. The summed E-state index contributed by atoms with van der Waals surface area (Å²) in [5.41, 5.74) is 7.14. The zero-order valence-corrected chi connectivity index (χ0v) is 10.5. The van der Waals surface area contributed by atoms with Gasteiger partial charge in [-0.25, -0.2) is 9.97 Å². The molecule has 1 aromatic carbocycles. The molecule has 1 aromatic heterocycles. The van der Waals surface area contributed by atoms with Gasteiger partial charge in [0.1, 0.15) is 18.0 Å². The molecular formula is C11H10Cl2N4. The van der Waals surface area contributed by atoms with Crippen LogP contribution >= 0.6 is 23.2 Å². The summed E-state index contributed by atoms with van der Waals surface area (Å²) in [5.74, 6) is 1.04. The summed E-state index contributed by atoms with van der Waals surface area (Å²) in [6, 6.07) is 5.16. The molecule has 6 heteroatoms. The Hall–Kier alpha value is -1.52. The lowest BCUT2D eigenvalue weighted by Crippen LogP contribution is -2.02. The van der Waals surface area contributed by atoms with E-state index in [2.05, 4.69) is 15.3 Å². The lowest BCUT2D eigenvalue weighted by atomic mass is 10.2. The number of halogens is 2. The van der Waals surface area contributed by atoms with E-state index < -0.39 is 0 Å². The third-order valence-electron chi connectivity index (χ3n) is 2.30. The minimum Gasteiger partial charge on any atom is -0.383 e. The van der Waals surface area contributed by atoms with Crippen LogP contribution in [0.5, 0.6) is 0 Å². The van der Waals surface area contributed by atoms with Crippen LogP contribution in [0.15, 0.2) is 24.5 Å². The Kier molecular flexibility index (Phi) is 3.36. The summed E-state index contributed by atoms with van der Waals surface area (Å²) in [6.45, 7) is 1.83. The molecule has 4 nitrogen and oxygen atoms in total. The van der Waals surface area contributed by atoms with Gasteiger partial charge in [0, 0.05) is 10.6 Å². The molecule has 0 saturated heterocycles. The lowest BCUT2D eigenvalue weighted by Gasteiger charge is -2.10. The summed E-state index contributed by atoms with van der Waals surface area (Å²) in [5, 5.41) is 4.23. The summed E-state index contributed by atoms with van der Waals surface area (Å²) in [4.78, 5) is 7.99. The normalized spacial score (nSPS) is 10.3. The van der Waals surface area contributed by atoms with Crippen LogP contribution in [-0.2, 0) is 0 Å². The number of anilines is 3. The maximum atomic E-state index is 6.04. The van der Waals surface area contributed by atoms with Gasteiger partial charge in [-0.1, -0.05) is 23.2 Å². The third kappa shape index (κ3) is 2.60. The second-order valence-electron chi connectivity index (χ2n) is 3.48. The fourth-order valence-electron chi connectivity index (χ4n) is 1.31. The van der Waals surface area contributed by atoms with Gasteiger partial charge < -0.3 is 11.1 Å². The van der Waals surface area contributed by atoms with Gasteiger partial charge in [0.15, 0.2) is 0 Å². The summed E-state index contributed by atoms with van der Waals surface area (Å²) in [6.07, 6.45) is 1.39. The number of nitrogens with one attached hydrogen (secondary N) is 1. The van der Waals surface area contributed by atoms with E-state index in [1.807, 2.05) is 6.92 Å². The molecule has 17 heavy (non-hydrogen) atoms. The molecule has 3 N–H and O–H groups in total. The number of aromatic nitrogens is 2. The first-order chi connectivity index (χ1) is 8.08. The predicted octanol–water partition coefficient (Wildman–Crippen LogP) is 3.42. The minimum atomic E-state index is 0.431. The Morgan fingerprint density at radius 1 is 1.24 bits per heavy atom. The highest BCUT2D eigenvalue weighted by Crippen LogP contribution is 2.29. The molecule has 0 saturated carbocycles. The zero-order valence-electron chi connectivity index (χ0n) is 9.04. The number of hydrogen-bond acceptors (Lipinski definition) is 4. The van der Waals surface area contributed by atoms with Gasteiger partial charge in [-0.3, -0.25) is 0 Å². The summed E-state index contributed by atoms with van der Waals surface area (Å²) in [7, 11) is 0. The zero-order chi connectivity index (χ0) is 12.4. The number of benzene rings is 1. The van der Waals surface area contributed by atoms with Gasteiger partial charge in [0.2, 0.25) is 0 Å². The van der Waals surface area contributed by atoms with E-state index in [1.165, 1.54) is 6.33 Å². The highest BCUT2D eigenvalue weighted by atomic mass is 35.5. The van der Waals surface area contributed by atoms with Crippen LogP contribution in [0, 0.1) is 6.92 Å². The van der Waals surface area contributed by atoms with Crippen LogP contribution in [0.1, 0.15) is 5.56 Å². The second-order valence-corrected chi connectivity index (χ2v) is 4.33. The Balaban J connectivity index is 2.38. The predicted molar refractivity (Wildman–Crippen MR) is 70.9 cm³/mol. The molecule has 2 aromatic rings. The van der Waals surface area contributed by atoms with E-state index in [-0.39, 0.29) is 0 Å². The Morgan fingerprint density at radius 3 is 2.76 bits per heavy atom. The van der Waals surface area contributed by atoms with E-state index >= 15 is 0 Å². The molecule has 0 radical (unpaired) electrons. The fraction of sp³-hybridized carbons (Fsp3) is 0.0909. The summed E-state index contributed by atoms with van der Waals surface area (Å²) >= 11 is 11.9. The van der Waals surface area contributed by atoms with Crippen LogP contribution in [0.3, 0.4) is 0 Å². The molecule has 0 atom stereocenters. The first-order valence-electron chi connectivity index (χ1n) is 4.87. The van der Waals surface area contributed by atoms with Gasteiger partial charge in [-0.05, 0) is 25.1 Å². The number of rotatable bonds is 2. The maximum absolute atomic E-state index is 6.04. The lowest BCUT2D eigenvalue weighted by molar-refractivity contribution is 1.14. The first kappa shape index (κ1) is 12.0. The van der Waals surface area contributed by atoms with Crippen molar-refractivity contribution >= 4 is 40.5 Å². The first-order valence-corrected chi connectivity index (χ1v) is 5.62. The van der Waals surface area contributed by atoms with E-state index in [1.54, 1.807) is 18.2 Å². The Morgan fingerprint density at radius 2 is 2.00 bits per heavy atom. The van der Waals surface area contributed by atoms with Crippen LogP contribution in [-0.4, -0.2) is 9.97 Å². The van der Waals surface area contributed by atoms with Crippen LogP contribution in [0.25, 0.3) is 0 Å². The molecule has 0 bridgehead atoms. The maximum Gasteiger partial charge on any atom is 0.138 e. The molecule has 0 spiro atoms. The topological polar surface area (TPSA) is 63.8 Å². The molecule has 0 aliphatic carbocycles. The van der Waals surface area contributed by atoms with E-state index in [0.717, 1.165) is 5.56 Å². The van der Waals surface area contributed by atoms with Gasteiger partial charge in [-0.15, -0.1) is 0 Å². The molecule has 88 valence electrons. The van der Waals surface area contributed by atoms with E-state index in [4.69, 9.17) is 28.9 Å². The Labute approximate surface area is 109 Å². The van der Waals surface area contributed by atoms with Crippen LogP contribution in [0.2, 0.25) is 10.0 Å². The van der Waals surface area contributed by atoms with Crippen molar-refractivity contribution in [1.29, 1.82) is 0 Å². The van der Waals surface area contributed by atoms with E-state index in [9.17, 15) is 0 Å². The smallest absolute Gasteiger partial charge is 0.138 e. The number of nitrogens with zero attached hydrogens (tertiary/aromatic N) is 2. The fourth-order valence-corrected chi connectivity index (χ4v) is 1.65. The van der Waals surface area contributed by atoms with Crippen molar-refractivity contribution in [2.24, 2.45) is 0 Å². The molecule has 1 heterocycles. The average Bonchev–Trinajstić information content (AvgIpc) is 2.30. The molecule has 0 fully saturated rings. The highest BCUT2D eigenvalue weighted by Gasteiger charge is 2.07. The molecule has 2 rings (SSSR count). The molecule has 0 amide bonds.